The highest BCUT2D eigenvalue weighted by atomic mass is 16.7. The molecule has 0 spiro atoms. The van der Waals surface area contributed by atoms with Crippen LogP contribution in [0, 0.1) is 35.5 Å². The van der Waals surface area contributed by atoms with Crippen molar-refractivity contribution in [3.05, 3.63) is 25.3 Å². The molecular weight excluding hydrogens is 1480 g/mol. The van der Waals surface area contributed by atoms with Gasteiger partial charge in [0.05, 0.1) is 84.0 Å². The molecule has 0 aromatic carbocycles. The summed E-state index contributed by atoms with van der Waals surface area (Å²) in [5.74, 6) is -8.75. The summed E-state index contributed by atoms with van der Waals surface area (Å²) in [6.45, 7) is 40.9. The van der Waals surface area contributed by atoms with E-state index in [1.165, 1.54) is 42.3 Å². The first-order valence-corrected chi connectivity index (χ1v) is 40.1. The fourth-order valence-electron chi connectivity index (χ4n) is 17.4. The Bertz CT molecular complexity index is 3100. The largest absolute Gasteiger partial charge is 0.459 e. The van der Waals surface area contributed by atoms with Gasteiger partial charge < -0.3 is 127 Å². The summed E-state index contributed by atoms with van der Waals surface area (Å²) in [7, 11) is 11.4. The van der Waals surface area contributed by atoms with E-state index < -0.39 is 228 Å². The number of hydrogen-bond acceptors (Lipinski definition) is 30. The fraction of sp³-hybridized carbons (Fsp3) is 0.877. The highest BCUT2D eigenvalue weighted by Crippen LogP contribution is 2.45. The Morgan fingerprint density at radius 2 is 0.858 bits per heavy atom. The average molecular weight is 1620 g/mol. The molecule has 0 bridgehead atoms. The summed E-state index contributed by atoms with van der Waals surface area (Å²) in [5.41, 5.74) is -8.70. The summed E-state index contributed by atoms with van der Waals surface area (Å²) in [6.07, 6.45) is -16.1. The molecule has 0 saturated carbocycles. The molecule has 0 aromatic heterocycles. The molecule has 0 radical (unpaired) electrons. The molecule has 6 aliphatic rings. The molecule has 6 fully saturated rings. The molecule has 6 aliphatic heterocycles. The molecule has 113 heavy (non-hydrogen) atoms. The minimum atomic E-state index is -1.97. The van der Waals surface area contributed by atoms with E-state index in [0.717, 1.165) is 12.2 Å². The van der Waals surface area contributed by atoms with Crippen LogP contribution in [-0.2, 0) is 105 Å². The Morgan fingerprint density at radius 1 is 0.522 bits per heavy atom. The maximum atomic E-state index is 14.4. The predicted octanol–water partition coefficient (Wildman–Crippen LogP) is 4.61. The Hall–Kier alpha value is -4.50. The number of esters is 4. The topological polar surface area (TPSA) is 411 Å². The minimum Gasteiger partial charge on any atom is -0.459 e. The second-order valence-corrected chi connectivity index (χ2v) is 34.1. The second kappa shape index (κ2) is 41.5. The highest BCUT2D eigenvalue weighted by Gasteiger charge is 2.58. The van der Waals surface area contributed by atoms with Crippen molar-refractivity contribution in [1.82, 2.24) is 20.9 Å². The molecule has 6 saturated heterocycles. The zero-order chi connectivity index (χ0) is 85.9. The molecule has 6 rings (SSSR count). The fourth-order valence-corrected chi connectivity index (χ4v) is 17.4. The lowest BCUT2D eigenvalue weighted by Crippen LogP contribution is -2.61. The maximum absolute atomic E-state index is 14.4. The van der Waals surface area contributed by atoms with Crippen LogP contribution in [0.1, 0.15) is 190 Å². The molecule has 2 unspecified atom stereocenters. The molecule has 2 amide bonds. The van der Waals surface area contributed by atoms with Crippen LogP contribution in [0.25, 0.3) is 0 Å². The van der Waals surface area contributed by atoms with Gasteiger partial charge in [-0.1, -0.05) is 54.7 Å². The van der Waals surface area contributed by atoms with E-state index in [9.17, 15) is 59.4 Å². The van der Waals surface area contributed by atoms with Gasteiger partial charge in [0.25, 0.3) is 0 Å². The van der Waals surface area contributed by atoms with E-state index in [1.54, 1.807) is 104 Å². The lowest BCUT2D eigenvalue weighted by molar-refractivity contribution is -0.319. The van der Waals surface area contributed by atoms with Crippen molar-refractivity contribution in [2.45, 2.75) is 370 Å². The quantitative estimate of drug-likeness (QED) is 0.0456. The number of methoxy groups -OCH3 is 4. The van der Waals surface area contributed by atoms with E-state index in [1.807, 2.05) is 46.7 Å². The molecule has 0 aromatic rings. The smallest absolute Gasteiger partial charge is 0.330 e. The van der Waals surface area contributed by atoms with Crippen molar-refractivity contribution < 1.29 is 135 Å². The molecule has 32 heteroatoms. The van der Waals surface area contributed by atoms with Crippen LogP contribution in [0.5, 0.6) is 0 Å². The van der Waals surface area contributed by atoms with Crippen molar-refractivity contribution in [3.63, 3.8) is 0 Å². The summed E-state index contributed by atoms with van der Waals surface area (Å²) in [4.78, 5) is 82.7. The van der Waals surface area contributed by atoms with Crippen LogP contribution >= 0.6 is 0 Å². The number of carbonyl (C=O) groups is 6. The van der Waals surface area contributed by atoms with Gasteiger partial charge in [0.2, 0.25) is 11.8 Å². The number of nitrogens with one attached hydrogen (secondary N) is 3. The summed E-state index contributed by atoms with van der Waals surface area (Å²) in [6, 6.07) is -2.55. The minimum absolute atomic E-state index is 0.0698. The number of ether oxygens (including phenoxy) is 16. The molecule has 0 aliphatic carbocycles. The Balaban J connectivity index is 0.000000404. The average Bonchev–Trinajstić information content (AvgIpc) is 1.61. The number of nitrogens with zero attached hydrogens (tertiary/aromatic N) is 1. The third-order valence-corrected chi connectivity index (χ3v) is 24.8. The number of rotatable bonds is 20. The highest BCUT2D eigenvalue weighted by molar-refractivity contribution is 5.82. The number of cyclic esters (lactones) is 2. The predicted molar refractivity (Wildman–Crippen MR) is 412 cm³/mol. The van der Waals surface area contributed by atoms with E-state index >= 15 is 0 Å². The van der Waals surface area contributed by atoms with Crippen LogP contribution < -0.4 is 16.0 Å². The zero-order valence-electron chi connectivity index (χ0n) is 72.2. The molecule has 654 valence electrons. The lowest BCUT2D eigenvalue weighted by Gasteiger charge is -2.49. The summed E-state index contributed by atoms with van der Waals surface area (Å²) in [5, 5.41) is 78.0. The standard InChI is InChI=1S/C41H72N2O14.C40H70N2O14/c1-16-28-41(11,49)33(46)25(7)42-36(47)21(3)19-39(9,50-14)34(57-38-31(45)27(43(12)13)18-22(4)52-38)23(5)32(24(6)37(48)54-28)56-30-20-40(10,51-15)35(26(8)53-30)55-29(44)17-2;1-15-27-40(11,48)32(45)24(7)42-35(46)20(3)18-38(9,49-13)33(56-37-30(44)26(41-12)17-21(4)51-37)22(5)31(23(6)36(47)53-27)55-29-19-39(10,50-14)34(25(8)52-29)54-28(43)16-2/h17,21-28,30-35,38,45-46,49H,2,16,18-20H2,1,3-15H3,(H,42,47);16,20-27,29-34,37,41,44-45,48H,2,15,17-19H2,1,3-14H3,(H,42,46)/t21-,22-,23+,24-,25-,26+,27+,28-,30+,31-,32+,33-,34-,35?,38+,39-,40-,41-;20-,21-,22+,23-,24-,25+,26+,27-,29+,30-,31+,32-,33-,34?,37+,38-,39-,40-/m11/s1. The monoisotopic (exact) mass is 1620 g/mol. The molecular formula is C81H142N4O28. The molecule has 9 N–H and O–H groups in total. The number of carbonyl (C=O) groups excluding carboxylic acids is 6. The summed E-state index contributed by atoms with van der Waals surface area (Å²) >= 11 is 0. The number of aliphatic hydroxyl groups is 6. The van der Waals surface area contributed by atoms with Crippen LogP contribution in [-0.4, -0.2) is 301 Å². The van der Waals surface area contributed by atoms with Gasteiger partial charge in [-0.3, -0.25) is 19.2 Å². The normalized spacial score (nSPS) is 45.9. The van der Waals surface area contributed by atoms with Crippen molar-refractivity contribution in [1.29, 1.82) is 0 Å². The van der Waals surface area contributed by atoms with Gasteiger partial charge in [-0.05, 0) is 157 Å². The third kappa shape index (κ3) is 23.5. The van der Waals surface area contributed by atoms with E-state index in [0.29, 0.717) is 12.8 Å². The van der Waals surface area contributed by atoms with Crippen LogP contribution in [0.15, 0.2) is 25.3 Å². The molecule has 6 heterocycles. The van der Waals surface area contributed by atoms with E-state index in [-0.39, 0.29) is 62.8 Å². The van der Waals surface area contributed by atoms with Gasteiger partial charge in [-0.2, -0.15) is 0 Å². The van der Waals surface area contributed by atoms with Gasteiger partial charge in [0.15, 0.2) is 37.4 Å². The SMILES string of the molecule is C=CC(=O)OC1[C@H](C)O[C@@H](O[C@H]2[C@H](C)[C@@H](O[C@@H]3O[C@H](C)C[C@H](N(C)C)[C@H]3O)[C@](C)(OC)C[C@@H](C)C(=O)N[C@H](C)[C@@H](O)[C@](C)(O)[C@@H](CC)OC(=O)[C@@H]2C)C[C@@]1(C)OC.C=CC(=O)OC1[C@H](C)O[C@@H](O[C@H]2[C@H](C)[C@@H](O[C@@H]3O[C@H](C)C[C@H](NC)[C@H]3O)[C@](C)(OC)C[C@@H](C)C(=O)N[C@H](C)[C@@H](O)[C@](C)(O)[C@@H](CC)OC(=O)[C@@H]2C)C[C@@]1(C)OC. The van der Waals surface area contributed by atoms with Crippen molar-refractivity contribution in [2.75, 3.05) is 49.6 Å². The van der Waals surface area contributed by atoms with Crippen molar-refractivity contribution in [2.24, 2.45) is 35.5 Å². The molecule has 36 atom stereocenters. The third-order valence-electron chi connectivity index (χ3n) is 24.8. The Kier molecular flexibility index (Phi) is 36.3. The van der Waals surface area contributed by atoms with Gasteiger partial charge in [-0.25, -0.2) is 9.59 Å². The number of aliphatic hydroxyl groups excluding tert-OH is 4. The van der Waals surface area contributed by atoms with E-state index in [2.05, 4.69) is 29.1 Å². The van der Waals surface area contributed by atoms with Crippen LogP contribution in [0.4, 0.5) is 0 Å². The number of amides is 2. The maximum Gasteiger partial charge on any atom is 0.330 e. The first kappa shape index (κ1) is 99.1. The van der Waals surface area contributed by atoms with Gasteiger partial charge in [0.1, 0.15) is 59.0 Å². The van der Waals surface area contributed by atoms with E-state index in [4.69, 9.17) is 75.8 Å². The van der Waals surface area contributed by atoms with Gasteiger partial charge in [-0.15, -0.1) is 0 Å². The lowest BCUT2D eigenvalue weighted by atomic mass is 9.77. The van der Waals surface area contributed by atoms with Crippen molar-refractivity contribution in [3.8, 4) is 0 Å². The van der Waals surface area contributed by atoms with Crippen LogP contribution in [0.3, 0.4) is 0 Å². The number of hydrogen-bond donors (Lipinski definition) is 9. The zero-order valence-corrected chi connectivity index (χ0v) is 72.2. The molecule has 32 nitrogen and oxygen atoms in total. The van der Waals surface area contributed by atoms with Crippen molar-refractivity contribution >= 4 is 35.7 Å². The Labute approximate surface area is 669 Å². The van der Waals surface area contributed by atoms with Gasteiger partial charge >= 0.3 is 23.9 Å². The number of likely N-dealkylation sites (N-methyl/N-ethyl adjacent to an activating group) is 2. The Morgan fingerprint density at radius 3 is 1.18 bits per heavy atom. The second-order valence-electron chi connectivity index (χ2n) is 34.1. The summed E-state index contributed by atoms with van der Waals surface area (Å²) < 4.78 is 100. The first-order chi connectivity index (χ1) is 52.4. The van der Waals surface area contributed by atoms with Crippen LogP contribution in [0.2, 0.25) is 0 Å². The van der Waals surface area contributed by atoms with Gasteiger partial charge in [0, 0.05) is 89.2 Å². The first-order valence-electron chi connectivity index (χ1n) is 40.1.